The van der Waals surface area contributed by atoms with E-state index >= 15 is 0 Å². The molecule has 0 saturated heterocycles. The van der Waals surface area contributed by atoms with Gasteiger partial charge in [0, 0.05) is 32.7 Å². The van der Waals surface area contributed by atoms with E-state index in [2.05, 4.69) is 92.5 Å². The zero-order chi connectivity index (χ0) is 27.6. The van der Waals surface area contributed by atoms with Gasteiger partial charge in [0.15, 0.2) is 0 Å². The van der Waals surface area contributed by atoms with Crippen molar-refractivity contribution >= 4 is 21.5 Å². The van der Waals surface area contributed by atoms with E-state index < -0.39 is 12.2 Å². The minimum absolute atomic E-state index is 0. The van der Waals surface area contributed by atoms with Crippen LogP contribution < -0.4 is 0 Å². The van der Waals surface area contributed by atoms with Crippen LogP contribution in [-0.4, -0.2) is 27.4 Å². The number of benzene rings is 3. The maximum Gasteiger partial charge on any atom is 0.0613 e. The minimum Gasteiger partial charge on any atom is -0.392 e. The molecule has 0 fully saturated rings. The molecule has 2 atom stereocenters. The van der Waals surface area contributed by atoms with Crippen LogP contribution in [0.5, 0.6) is 0 Å². The Balaban J connectivity index is 0.000000313. The fourth-order valence-corrected chi connectivity index (χ4v) is 4.06. The van der Waals surface area contributed by atoms with Gasteiger partial charge in [-0.1, -0.05) is 116 Å². The summed E-state index contributed by atoms with van der Waals surface area (Å²) in [6.07, 6.45) is 1.46. The summed E-state index contributed by atoms with van der Waals surface area (Å²) in [6.45, 7) is 18.5. The largest absolute Gasteiger partial charge is 0.392 e. The maximum absolute atomic E-state index is 9.76. The van der Waals surface area contributed by atoms with E-state index in [4.69, 9.17) is 0 Å². The molecule has 3 nitrogen and oxygen atoms in total. The molecule has 1 aromatic heterocycles. The molecule has 4 rings (SSSR count). The van der Waals surface area contributed by atoms with Gasteiger partial charge in [-0.05, 0) is 39.0 Å². The molecule has 3 aromatic carbocycles. The molecule has 0 spiro atoms. The minimum atomic E-state index is -0.443. The van der Waals surface area contributed by atoms with E-state index in [1.54, 1.807) is 0 Å². The van der Waals surface area contributed by atoms with Gasteiger partial charge in [0.05, 0.1) is 12.2 Å². The van der Waals surface area contributed by atoms with Crippen LogP contribution in [0.4, 0.5) is 0 Å². The van der Waals surface area contributed by atoms with E-state index in [-0.39, 0.29) is 36.4 Å². The van der Waals surface area contributed by atoms with Crippen molar-refractivity contribution in [2.45, 2.75) is 86.4 Å². The zero-order valence-corrected chi connectivity index (χ0v) is 26.8. The van der Waals surface area contributed by atoms with E-state index in [0.29, 0.717) is 6.42 Å². The van der Waals surface area contributed by atoms with Gasteiger partial charge in [-0.25, -0.2) is 0 Å². The quantitative estimate of drug-likeness (QED) is 0.168. The average Bonchev–Trinajstić information content (AvgIpc) is 2.82. The Morgan fingerprint density at radius 1 is 0.737 bits per heavy atom. The van der Waals surface area contributed by atoms with E-state index in [0.717, 1.165) is 11.3 Å². The molecule has 0 aliphatic rings. The first-order valence-electron chi connectivity index (χ1n) is 13.2. The van der Waals surface area contributed by atoms with Crippen molar-refractivity contribution in [3.05, 3.63) is 78.5 Å². The molecule has 0 aliphatic heterocycles. The molecule has 0 saturated carbocycles. The summed E-state index contributed by atoms with van der Waals surface area (Å²) in [5.41, 5.74) is 3.14. The summed E-state index contributed by atoms with van der Waals surface area (Å²) >= 11 is 0. The van der Waals surface area contributed by atoms with Gasteiger partial charge in [-0.3, -0.25) is 0 Å². The number of aromatic nitrogens is 1. The Bertz CT molecular complexity index is 1320. The van der Waals surface area contributed by atoms with E-state index in [1.807, 2.05) is 47.7 Å². The summed E-state index contributed by atoms with van der Waals surface area (Å²) in [4.78, 5) is 4.56. The first-order chi connectivity index (χ1) is 17.1. The number of rotatable bonds is 3. The second-order valence-electron chi connectivity index (χ2n) is 13.3. The van der Waals surface area contributed by atoms with Crippen molar-refractivity contribution in [2.75, 3.05) is 0 Å². The number of hydrogen-bond acceptors (Lipinski definition) is 3. The van der Waals surface area contributed by atoms with Gasteiger partial charge in [0.1, 0.15) is 0 Å². The van der Waals surface area contributed by atoms with Crippen LogP contribution in [0, 0.1) is 16.9 Å². The third kappa shape index (κ3) is 8.20. The normalized spacial score (nSPS) is 13.9. The Morgan fingerprint density at radius 3 is 1.89 bits per heavy atom. The van der Waals surface area contributed by atoms with Gasteiger partial charge in [0.2, 0.25) is 0 Å². The van der Waals surface area contributed by atoms with E-state index in [9.17, 15) is 10.2 Å². The van der Waals surface area contributed by atoms with Gasteiger partial charge in [0.25, 0.3) is 0 Å². The van der Waals surface area contributed by atoms with E-state index in [1.165, 1.54) is 27.1 Å². The van der Waals surface area contributed by atoms with Crippen LogP contribution >= 0.6 is 0 Å². The molecule has 0 amide bonds. The zero-order valence-electron chi connectivity index (χ0n) is 24.4. The predicted molar refractivity (Wildman–Crippen MR) is 158 cm³/mol. The molecule has 38 heavy (non-hydrogen) atoms. The fraction of sp³-hybridized carbons (Fsp3) is 0.441. The molecule has 207 valence electrons. The van der Waals surface area contributed by atoms with Crippen LogP contribution in [0.2, 0.25) is 0 Å². The smallest absolute Gasteiger partial charge is 0.0613 e. The number of nitrogens with zero attached hydrogens (tertiary/aromatic N) is 1. The van der Waals surface area contributed by atoms with Crippen molar-refractivity contribution in [3.63, 3.8) is 0 Å². The van der Waals surface area contributed by atoms with Crippen molar-refractivity contribution in [2.24, 2.45) is 10.8 Å². The predicted octanol–water partition coefficient (Wildman–Crippen LogP) is 8.34. The monoisotopic (exact) mass is 691 g/mol. The molecule has 4 aromatic rings. The fourth-order valence-electron chi connectivity index (χ4n) is 4.06. The molecule has 4 heteroatoms. The van der Waals surface area contributed by atoms with Crippen molar-refractivity contribution < 1.29 is 30.3 Å². The Labute approximate surface area is 243 Å². The number of fused-ring (bicyclic) bond motifs is 3. The Hall–Kier alpha value is -2.10. The van der Waals surface area contributed by atoms with Crippen LogP contribution in [0.15, 0.2) is 66.9 Å². The average molecular weight is 691 g/mol. The van der Waals surface area contributed by atoms with Crippen LogP contribution in [0.1, 0.15) is 74.3 Å². The second kappa shape index (κ2) is 12.4. The summed E-state index contributed by atoms with van der Waals surface area (Å²) in [5, 5.41) is 24.5. The first kappa shape index (κ1) is 32.1. The van der Waals surface area contributed by atoms with Gasteiger partial charge in [-0.2, -0.15) is 0 Å². The summed E-state index contributed by atoms with van der Waals surface area (Å²) in [6, 6.07) is 24.8. The summed E-state index contributed by atoms with van der Waals surface area (Å²) in [5.74, 6) is 0. The third-order valence-corrected chi connectivity index (χ3v) is 7.02. The molecule has 0 aliphatic carbocycles. The summed E-state index contributed by atoms with van der Waals surface area (Å²) < 4.78 is 0. The van der Waals surface area contributed by atoms with Gasteiger partial charge in [-0.15, -0.1) is 29.1 Å². The Morgan fingerprint density at radius 2 is 1.32 bits per heavy atom. The van der Waals surface area contributed by atoms with Crippen LogP contribution in [0.25, 0.3) is 32.8 Å². The van der Waals surface area contributed by atoms with Crippen molar-refractivity contribution in [1.29, 1.82) is 0 Å². The topological polar surface area (TPSA) is 53.4 Å². The SMILES string of the molecule is CC(C)(C)C(O)CC(O)C(C)(C)C.CC(C)(C)c1ccnc(-c2[c-]cc3c(ccc4ccccc43)c2)c1.[Ir]. The standard InChI is InChI=1S/C23H20N.C11H24O2.Ir/c1-23(2,3)19-12-13-24-22(15-19)18-10-11-21-17(14-18)9-8-16-6-4-5-7-20(16)21;1-10(2,3)8(12)7-9(13)11(4,5)6;/h4-9,11-15H,1-3H3;8-9,12-13H,7H2,1-6H3;/q-1;;. The number of hydrogen-bond donors (Lipinski definition) is 2. The molecular formula is C34H44IrNO2-. The Kier molecular flexibility index (Phi) is 10.5. The molecule has 2 N–H and O–H groups in total. The summed E-state index contributed by atoms with van der Waals surface area (Å²) in [7, 11) is 0. The van der Waals surface area contributed by atoms with Crippen molar-refractivity contribution in [1.82, 2.24) is 4.98 Å². The third-order valence-electron chi connectivity index (χ3n) is 7.02. The molecule has 1 radical (unpaired) electrons. The molecule has 0 bridgehead atoms. The number of aliphatic hydroxyl groups is 2. The van der Waals surface area contributed by atoms with Crippen LogP contribution in [-0.2, 0) is 25.5 Å². The van der Waals surface area contributed by atoms with Gasteiger partial charge < -0.3 is 15.2 Å². The maximum atomic E-state index is 9.76. The molecule has 1 heterocycles. The van der Waals surface area contributed by atoms with Gasteiger partial charge >= 0.3 is 0 Å². The van der Waals surface area contributed by atoms with Crippen LogP contribution in [0.3, 0.4) is 0 Å². The molecular weight excluding hydrogens is 647 g/mol. The number of pyridine rings is 1. The second-order valence-corrected chi connectivity index (χ2v) is 13.3. The molecule has 2 unspecified atom stereocenters. The van der Waals surface area contributed by atoms with Crippen molar-refractivity contribution in [3.8, 4) is 11.3 Å². The first-order valence-corrected chi connectivity index (χ1v) is 13.2. The number of aliphatic hydroxyl groups excluding tert-OH is 2.